The van der Waals surface area contributed by atoms with Gasteiger partial charge in [-0.1, -0.05) is 0 Å². The second-order valence-corrected chi connectivity index (χ2v) is 2.46. The van der Waals surface area contributed by atoms with Gasteiger partial charge < -0.3 is 11.1 Å². The van der Waals surface area contributed by atoms with Crippen LogP contribution in [0.2, 0.25) is 0 Å². The van der Waals surface area contributed by atoms with Crippen molar-refractivity contribution in [3.8, 4) is 0 Å². The smallest absolute Gasteiger partial charge is 0.181 e. The molecule has 12 heavy (non-hydrogen) atoms. The fourth-order valence-electron chi connectivity index (χ4n) is 1.11. The normalized spacial score (nSPS) is 9.83. The number of nitrogens with one attached hydrogen (secondary N) is 1. The van der Waals surface area contributed by atoms with Crippen LogP contribution in [0.4, 0.5) is 0 Å². The summed E-state index contributed by atoms with van der Waals surface area (Å²) < 4.78 is 0. The van der Waals surface area contributed by atoms with E-state index in [4.69, 9.17) is 0 Å². The quantitative estimate of drug-likeness (QED) is 0.612. The Hall–Kier alpha value is -1.49. The first-order valence-corrected chi connectivity index (χ1v) is 3.41. The van der Waals surface area contributed by atoms with Gasteiger partial charge >= 0.3 is 0 Å². The topological polar surface area (TPSA) is 89.5 Å². The highest BCUT2D eigenvalue weighted by Crippen LogP contribution is 2.08. The number of aromatic amines is 1. The van der Waals surface area contributed by atoms with E-state index >= 15 is 0 Å². The average molecular weight is 165 g/mol. The molecule has 4 N–H and O–H groups in total. The summed E-state index contributed by atoms with van der Waals surface area (Å²) in [5.41, 5.74) is 2.62. The lowest BCUT2D eigenvalue weighted by Gasteiger charge is -1.94. The first-order chi connectivity index (χ1) is 5.27. The van der Waals surface area contributed by atoms with Gasteiger partial charge in [-0.2, -0.15) is 0 Å². The fourth-order valence-corrected chi connectivity index (χ4v) is 1.11. The van der Waals surface area contributed by atoms with Crippen LogP contribution in [0.25, 0.3) is 11.2 Å². The van der Waals surface area contributed by atoms with Crippen LogP contribution in [0.15, 0.2) is 6.33 Å². The van der Waals surface area contributed by atoms with Gasteiger partial charge in [-0.3, -0.25) is 0 Å². The van der Waals surface area contributed by atoms with E-state index in [0.717, 1.165) is 22.7 Å². The molecule has 5 heteroatoms. The molecule has 0 aromatic carbocycles. The molecule has 0 aliphatic rings. The number of hydrogen-bond donors (Lipinski definition) is 2. The summed E-state index contributed by atoms with van der Waals surface area (Å²) in [5.74, 6) is 0.766. The Labute approximate surface area is 69.8 Å². The third kappa shape index (κ3) is 1.14. The molecule has 0 radical (unpaired) electrons. The summed E-state index contributed by atoms with van der Waals surface area (Å²) in [4.78, 5) is 15.3. The largest absolute Gasteiger partial charge is 0.344 e. The Morgan fingerprint density at radius 3 is 2.75 bits per heavy atom. The van der Waals surface area contributed by atoms with Crippen LogP contribution in [-0.2, 0) is 0 Å². The summed E-state index contributed by atoms with van der Waals surface area (Å²) in [7, 11) is 0. The predicted octanol–water partition coefficient (Wildman–Crippen LogP) is 1.13. The molecule has 0 atom stereocenters. The van der Waals surface area contributed by atoms with Gasteiger partial charge in [0.2, 0.25) is 0 Å². The third-order valence-corrected chi connectivity index (χ3v) is 1.58. The minimum absolute atomic E-state index is 0. The molecule has 0 spiro atoms. The van der Waals surface area contributed by atoms with E-state index in [0.29, 0.717) is 0 Å². The van der Waals surface area contributed by atoms with Gasteiger partial charge in [-0.05, 0) is 13.8 Å². The second kappa shape index (κ2) is 2.86. The number of rotatable bonds is 0. The van der Waals surface area contributed by atoms with E-state index in [1.54, 1.807) is 6.33 Å². The molecule has 5 nitrogen and oxygen atoms in total. The van der Waals surface area contributed by atoms with Crippen molar-refractivity contribution in [2.75, 3.05) is 0 Å². The summed E-state index contributed by atoms with van der Waals surface area (Å²) in [6.45, 7) is 3.80. The van der Waals surface area contributed by atoms with Crippen molar-refractivity contribution in [3.05, 3.63) is 17.8 Å². The van der Waals surface area contributed by atoms with Gasteiger partial charge in [0.25, 0.3) is 0 Å². The van der Waals surface area contributed by atoms with Gasteiger partial charge in [-0.25, -0.2) is 15.0 Å². The van der Waals surface area contributed by atoms with Crippen molar-refractivity contribution in [3.63, 3.8) is 0 Å². The highest BCUT2D eigenvalue weighted by Gasteiger charge is 2.01. The van der Waals surface area contributed by atoms with Gasteiger partial charge in [-0.15, -0.1) is 0 Å². The lowest BCUT2D eigenvalue weighted by atomic mass is 10.4. The first-order valence-electron chi connectivity index (χ1n) is 3.41. The highest BCUT2D eigenvalue weighted by atomic mass is 15.0. The van der Waals surface area contributed by atoms with E-state index in [9.17, 15) is 0 Å². The Bertz CT molecular complexity index is 392. The molecule has 64 valence electrons. The van der Waals surface area contributed by atoms with Crippen LogP contribution in [0.3, 0.4) is 0 Å². The van der Waals surface area contributed by atoms with E-state index in [1.807, 2.05) is 13.8 Å². The van der Waals surface area contributed by atoms with Crippen molar-refractivity contribution in [1.29, 1.82) is 0 Å². The molecule has 0 saturated carbocycles. The van der Waals surface area contributed by atoms with E-state index in [-0.39, 0.29) is 6.15 Å². The lowest BCUT2D eigenvalue weighted by molar-refractivity contribution is 1.04. The zero-order chi connectivity index (χ0) is 7.84. The van der Waals surface area contributed by atoms with Crippen molar-refractivity contribution < 1.29 is 0 Å². The fraction of sp³-hybridized carbons (Fsp3) is 0.286. The van der Waals surface area contributed by atoms with Crippen LogP contribution in [0, 0.1) is 13.8 Å². The van der Waals surface area contributed by atoms with Crippen LogP contribution in [-0.4, -0.2) is 19.9 Å². The number of fused-ring (bicyclic) bond motifs is 1. The van der Waals surface area contributed by atoms with Gasteiger partial charge in [0.1, 0.15) is 11.3 Å². The van der Waals surface area contributed by atoms with Crippen LogP contribution >= 0.6 is 0 Å². The molecule has 2 aromatic heterocycles. The molecule has 2 aromatic rings. The zero-order valence-corrected chi connectivity index (χ0v) is 7.13. The number of nitrogens with zero attached hydrogens (tertiary/aromatic N) is 3. The van der Waals surface area contributed by atoms with E-state index in [2.05, 4.69) is 19.9 Å². The molecule has 0 saturated heterocycles. The molecule has 0 bridgehead atoms. The van der Waals surface area contributed by atoms with E-state index < -0.39 is 0 Å². The van der Waals surface area contributed by atoms with Crippen molar-refractivity contribution >= 4 is 11.2 Å². The molecule has 0 fully saturated rings. The maximum Gasteiger partial charge on any atom is 0.181 e. The molecule has 2 rings (SSSR count). The number of aromatic nitrogens is 4. The molecule has 0 aliphatic heterocycles. The summed E-state index contributed by atoms with van der Waals surface area (Å²) in [5, 5.41) is 0. The summed E-state index contributed by atoms with van der Waals surface area (Å²) >= 11 is 0. The average Bonchev–Trinajstić information content (AvgIpc) is 2.34. The lowest BCUT2D eigenvalue weighted by Crippen LogP contribution is -1.91. The Balaban J connectivity index is 0.000000720. The van der Waals surface area contributed by atoms with Crippen molar-refractivity contribution in [1.82, 2.24) is 26.1 Å². The number of hydrogen-bond acceptors (Lipinski definition) is 4. The molecule has 0 aliphatic carbocycles. The Morgan fingerprint density at radius 2 is 2.00 bits per heavy atom. The highest BCUT2D eigenvalue weighted by molar-refractivity contribution is 5.71. The van der Waals surface area contributed by atoms with E-state index in [1.165, 1.54) is 0 Å². The monoisotopic (exact) mass is 165 g/mol. The Kier molecular flexibility index (Phi) is 2.05. The van der Waals surface area contributed by atoms with Gasteiger partial charge in [0.05, 0.1) is 12.0 Å². The van der Waals surface area contributed by atoms with Gasteiger partial charge in [0, 0.05) is 0 Å². The van der Waals surface area contributed by atoms with Crippen molar-refractivity contribution in [2.24, 2.45) is 0 Å². The minimum Gasteiger partial charge on any atom is -0.344 e. The number of imidazole rings is 1. The summed E-state index contributed by atoms with van der Waals surface area (Å²) in [6, 6.07) is 0. The first kappa shape index (κ1) is 8.61. The predicted molar refractivity (Wildman–Crippen MR) is 46.2 cm³/mol. The standard InChI is InChI=1S/C7H8N4.H3N/c1-4-6-7(9-3-8-6)11-5(2)10-4;/h3H,1-2H3,(H,8,9,10,11);1H3. The van der Waals surface area contributed by atoms with Crippen LogP contribution < -0.4 is 6.15 Å². The number of aryl methyl sites for hydroxylation is 2. The Morgan fingerprint density at radius 1 is 1.25 bits per heavy atom. The zero-order valence-electron chi connectivity index (χ0n) is 7.13. The molecule has 0 unspecified atom stereocenters. The minimum atomic E-state index is 0. The third-order valence-electron chi connectivity index (χ3n) is 1.58. The maximum absolute atomic E-state index is 4.19. The molecule has 2 heterocycles. The number of H-pyrrole nitrogens is 1. The summed E-state index contributed by atoms with van der Waals surface area (Å²) in [6.07, 6.45) is 1.63. The van der Waals surface area contributed by atoms with Gasteiger partial charge in [0.15, 0.2) is 5.65 Å². The van der Waals surface area contributed by atoms with Crippen LogP contribution in [0.5, 0.6) is 0 Å². The van der Waals surface area contributed by atoms with Crippen LogP contribution in [0.1, 0.15) is 11.5 Å². The molecule has 0 amide bonds. The maximum atomic E-state index is 4.19. The molecular weight excluding hydrogens is 154 g/mol. The van der Waals surface area contributed by atoms with Crippen molar-refractivity contribution in [2.45, 2.75) is 13.8 Å². The SMILES string of the molecule is Cc1nc(C)c2[nH]cnc2n1.N. The second-order valence-electron chi connectivity index (χ2n) is 2.46. The molecular formula is C7H11N5.